The van der Waals surface area contributed by atoms with Crippen LogP contribution in [0.1, 0.15) is 5.56 Å². The normalized spacial score (nSPS) is 15.5. The van der Waals surface area contributed by atoms with Crippen molar-refractivity contribution in [3.05, 3.63) is 29.8 Å². The number of morpholine rings is 1. The average molecular weight is 291 g/mol. The van der Waals surface area contributed by atoms with Gasteiger partial charge in [-0.25, -0.2) is 0 Å². The molecule has 1 aromatic carbocycles. The van der Waals surface area contributed by atoms with E-state index in [2.05, 4.69) is 15.5 Å². The van der Waals surface area contributed by atoms with Crippen molar-refractivity contribution in [1.82, 2.24) is 10.2 Å². The molecule has 0 aliphatic carbocycles. The third kappa shape index (κ3) is 4.84. The number of anilines is 1. The molecular weight excluding hydrogens is 270 g/mol. The second kappa shape index (κ2) is 7.75. The Morgan fingerprint density at radius 3 is 2.62 bits per heavy atom. The highest BCUT2D eigenvalue weighted by atomic mass is 16.5. The van der Waals surface area contributed by atoms with Crippen LogP contribution in [0.3, 0.4) is 0 Å². The highest BCUT2D eigenvalue weighted by molar-refractivity contribution is 6.39. The molecule has 2 amide bonds. The van der Waals surface area contributed by atoms with E-state index in [0.29, 0.717) is 12.2 Å². The van der Waals surface area contributed by atoms with Crippen LogP contribution in [0, 0.1) is 6.92 Å². The van der Waals surface area contributed by atoms with Crippen molar-refractivity contribution >= 4 is 17.5 Å². The second-order valence-electron chi connectivity index (χ2n) is 4.98. The van der Waals surface area contributed by atoms with E-state index in [9.17, 15) is 9.59 Å². The predicted molar refractivity (Wildman–Crippen MR) is 80.1 cm³/mol. The van der Waals surface area contributed by atoms with Crippen molar-refractivity contribution in [3.8, 4) is 0 Å². The quantitative estimate of drug-likeness (QED) is 0.787. The monoisotopic (exact) mass is 291 g/mol. The van der Waals surface area contributed by atoms with Crippen LogP contribution in [-0.2, 0) is 14.3 Å². The van der Waals surface area contributed by atoms with Gasteiger partial charge in [0.15, 0.2) is 0 Å². The fraction of sp³-hybridized carbons (Fsp3) is 0.467. The summed E-state index contributed by atoms with van der Waals surface area (Å²) in [5.41, 5.74) is 1.58. The van der Waals surface area contributed by atoms with E-state index in [1.807, 2.05) is 25.1 Å². The number of hydrogen-bond acceptors (Lipinski definition) is 4. The number of rotatable bonds is 4. The Hall–Kier alpha value is -1.92. The van der Waals surface area contributed by atoms with Crippen molar-refractivity contribution in [1.29, 1.82) is 0 Å². The fourth-order valence-corrected chi connectivity index (χ4v) is 2.12. The second-order valence-corrected chi connectivity index (χ2v) is 4.98. The molecule has 21 heavy (non-hydrogen) atoms. The van der Waals surface area contributed by atoms with Gasteiger partial charge in [0.2, 0.25) is 0 Å². The van der Waals surface area contributed by atoms with Gasteiger partial charge in [-0.3, -0.25) is 14.5 Å². The van der Waals surface area contributed by atoms with Crippen molar-refractivity contribution in [2.45, 2.75) is 6.92 Å². The first-order chi connectivity index (χ1) is 10.2. The molecule has 0 saturated carbocycles. The van der Waals surface area contributed by atoms with Gasteiger partial charge in [0.25, 0.3) is 0 Å². The number of hydrogen-bond donors (Lipinski definition) is 2. The maximum Gasteiger partial charge on any atom is 0.313 e. The molecule has 0 radical (unpaired) electrons. The third-order valence-corrected chi connectivity index (χ3v) is 3.42. The van der Waals surface area contributed by atoms with Gasteiger partial charge < -0.3 is 15.4 Å². The number of carbonyl (C=O) groups is 2. The number of para-hydroxylation sites is 1. The molecule has 1 aliphatic rings. The van der Waals surface area contributed by atoms with E-state index in [4.69, 9.17) is 4.74 Å². The summed E-state index contributed by atoms with van der Waals surface area (Å²) in [4.78, 5) is 25.7. The molecule has 0 bridgehead atoms. The summed E-state index contributed by atoms with van der Waals surface area (Å²) in [6.45, 7) is 6.25. The van der Waals surface area contributed by atoms with Gasteiger partial charge in [0, 0.05) is 31.9 Å². The largest absolute Gasteiger partial charge is 0.379 e. The molecule has 2 rings (SSSR count). The van der Waals surface area contributed by atoms with E-state index >= 15 is 0 Å². The Labute approximate surface area is 124 Å². The Balaban J connectivity index is 1.72. The first-order valence-electron chi connectivity index (χ1n) is 7.12. The lowest BCUT2D eigenvalue weighted by Crippen LogP contribution is -2.43. The maximum absolute atomic E-state index is 11.8. The van der Waals surface area contributed by atoms with Gasteiger partial charge in [-0.15, -0.1) is 0 Å². The molecule has 1 saturated heterocycles. The summed E-state index contributed by atoms with van der Waals surface area (Å²) < 4.78 is 5.25. The van der Waals surface area contributed by atoms with Gasteiger partial charge in [-0.05, 0) is 18.6 Å². The summed E-state index contributed by atoms with van der Waals surface area (Å²) >= 11 is 0. The average Bonchev–Trinajstić information content (AvgIpc) is 2.50. The molecule has 0 atom stereocenters. The number of carbonyl (C=O) groups excluding carboxylic acids is 2. The minimum absolute atomic E-state index is 0.458. The summed E-state index contributed by atoms with van der Waals surface area (Å²) in [5.74, 6) is -1.24. The van der Waals surface area contributed by atoms with E-state index in [-0.39, 0.29) is 0 Å². The Morgan fingerprint density at radius 2 is 1.90 bits per heavy atom. The molecule has 1 aliphatic heterocycles. The van der Waals surface area contributed by atoms with Crippen molar-refractivity contribution in [3.63, 3.8) is 0 Å². The molecule has 0 unspecified atom stereocenters. The van der Waals surface area contributed by atoms with Crippen LogP contribution in [0.2, 0.25) is 0 Å². The van der Waals surface area contributed by atoms with E-state index in [1.165, 1.54) is 0 Å². The molecule has 0 spiro atoms. The van der Waals surface area contributed by atoms with Crippen LogP contribution in [-0.4, -0.2) is 56.1 Å². The highest BCUT2D eigenvalue weighted by Gasteiger charge is 2.15. The number of amides is 2. The minimum Gasteiger partial charge on any atom is -0.379 e. The number of ether oxygens (including phenoxy) is 1. The number of benzene rings is 1. The molecule has 2 N–H and O–H groups in total. The highest BCUT2D eigenvalue weighted by Crippen LogP contribution is 2.12. The molecule has 1 fully saturated rings. The lowest BCUT2D eigenvalue weighted by molar-refractivity contribution is -0.136. The minimum atomic E-state index is -0.633. The zero-order valence-electron chi connectivity index (χ0n) is 12.2. The number of nitrogens with one attached hydrogen (secondary N) is 2. The van der Waals surface area contributed by atoms with Crippen molar-refractivity contribution < 1.29 is 14.3 Å². The molecule has 114 valence electrons. The Kier molecular flexibility index (Phi) is 5.71. The van der Waals surface area contributed by atoms with Gasteiger partial charge in [-0.1, -0.05) is 18.2 Å². The molecule has 6 nitrogen and oxygen atoms in total. The van der Waals surface area contributed by atoms with Crippen LogP contribution in [0.25, 0.3) is 0 Å². The Morgan fingerprint density at radius 1 is 1.19 bits per heavy atom. The number of aryl methyl sites for hydroxylation is 1. The molecule has 1 aromatic rings. The first kappa shape index (κ1) is 15.5. The summed E-state index contributed by atoms with van der Waals surface area (Å²) in [6.07, 6.45) is 0. The lowest BCUT2D eigenvalue weighted by atomic mass is 10.2. The van der Waals surface area contributed by atoms with Crippen molar-refractivity contribution in [2.75, 3.05) is 44.7 Å². The fourth-order valence-electron chi connectivity index (χ4n) is 2.12. The first-order valence-corrected chi connectivity index (χ1v) is 7.12. The lowest BCUT2D eigenvalue weighted by Gasteiger charge is -2.26. The van der Waals surface area contributed by atoms with E-state index in [1.54, 1.807) is 6.07 Å². The zero-order valence-corrected chi connectivity index (χ0v) is 12.2. The van der Waals surface area contributed by atoms with Crippen LogP contribution in [0.5, 0.6) is 0 Å². The SMILES string of the molecule is Cc1ccccc1NC(=O)C(=O)NCCN1CCOCC1. The predicted octanol–water partition coefficient (Wildman–Crippen LogP) is 0.382. The molecule has 6 heteroatoms. The Bertz CT molecular complexity index is 499. The van der Waals surface area contributed by atoms with Crippen LogP contribution < -0.4 is 10.6 Å². The molecule has 0 aromatic heterocycles. The van der Waals surface area contributed by atoms with Gasteiger partial charge in [-0.2, -0.15) is 0 Å². The summed E-state index contributed by atoms with van der Waals surface area (Å²) in [7, 11) is 0. The van der Waals surface area contributed by atoms with Crippen LogP contribution in [0.15, 0.2) is 24.3 Å². The number of nitrogens with zero attached hydrogens (tertiary/aromatic N) is 1. The van der Waals surface area contributed by atoms with Gasteiger partial charge in [0.05, 0.1) is 13.2 Å². The zero-order chi connectivity index (χ0) is 15.1. The smallest absolute Gasteiger partial charge is 0.313 e. The maximum atomic E-state index is 11.8. The summed E-state index contributed by atoms with van der Waals surface area (Å²) in [6, 6.07) is 7.35. The summed E-state index contributed by atoms with van der Waals surface area (Å²) in [5, 5.41) is 5.25. The standard InChI is InChI=1S/C15H21N3O3/c1-12-4-2-3-5-13(12)17-15(20)14(19)16-6-7-18-8-10-21-11-9-18/h2-5H,6-11H2,1H3,(H,16,19)(H,17,20). The third-order valence-electron chi connectivity index (χ3n) is 3.42. The van der Waals surface area contributed by atoms with Crippen LogP contribution >= 0.6 is 0 Å². The molecule has 1 heterocycles. The van der Waals surface area contributed by atoms with E-state index < -0.39 is 11.8 Å². The topological polar surface area (TPSA) is 70.7 Å². The van der Waals surface area contributed by atoms with Gasteiger partial charge in [0.1, 0.15) is 0 Å². The van der Waals surface area contributed by atoms with Crippen LogP contribution in [0.4, 0.5) is 5.69 Å². The molecular formula is C15H21N3O3. The van der Waals surface area contributed by atoms with Crippen molar-refractivity contribution in [2.24, 2.45) is 0 Å². The van der Waals surface area contributed by atoms with E-state index in [0.717, 1.165) is 38.4 Å². The van der Waals surface area contributed by atoms with Gasteiger partial charge >= 0.3 is 11.8 Å².